The zero-order chi connectivity index (χ0) is 12.4. The largest absolute Gasteiger partial charge is 0.382 e. The second-order valence-electron chi connectivity index (χ2n) is 4.45. The van der Waals surface area contributed by atoms with Crippen molar-refractivity contribution in [3.63, 3.8) is 0 Å². The van der Waals surface area contributed by atoms with Crippen LogP contribution in [-0.4, -0.2) is 33.7 Å². The molecule has 1 aromatic rings. The van der Waals surface area contributed by atoms with Crippen molar-refractivity contribution in [3.8, 4) is 0 Å². The normalized spacial score (nSPS) is 23.9. The number of carbonyl (C=O) groups excluding carboxylic acids is 1. The lowest BCUT2D eigenvalue weighted by molar-refractivity contribution is 0.0938. The number of anilines is 1. The monoisotopic (exact) mass is 254 g/mol. The predicted octanol–water partition coefficient (Wildman–Crippen LogP) is 1.31. The average molecular weight is 254 g/mol. The highest BCUT2D eigenvalue weighted by Crippen LogP contribution is 2.28. The lowest BCUT2D eigenvalue weighted by atomic mass is 10.2. The Labute approximate surface area is 105 Å². The molecule has 17 heavy (non-hydrogen) atoms. The fraction of sp³-hybridized carbons (Fsp3) is 0.636. The van der Waals surface area contributed by atoms with E-state index in [2.05, 4.69) is 21.8 Å². The van der Waals surface area contributed by atoms with E-state index >= 15 is 0 Å². The molecule has 1 saturated carbocycles. The van der Waals surface area contributed by atoms with Gasteiger partial charge in [-0.05, 0) is 32.4 Å². The highest BCUT2D eigenvalue weighted by atomic mass is 32.2. The first-order valence-corrected chi connectivity index (χ1v) is 7.04. The molecular formula is C11H18N4OS. The number of thioether (sulfide) groups is 1. The van der Waals surface area contributed by atoms with Gasteiger partial charge in [0.25, 0.3) is 5.91 Å². The average Bonchev–Trinajstić information content (AvgIpc) is 2.86. The molecule has 6 heteroatoms. The second kappa shape index (κ2) is 5.00. The smallest absolute Gasteiger partial charge is 0.257 e. The summed E-state index contributed by atoms with van der Waals surface area (Å²) in [7, 11) is 0. The van der Waals surface area contributed by atoms with E-state index in [-0.39, 0.29) is 17.8 Å². The van der Waals surface area contributed by atoms with Crippen molar-refractivity contribution in [2.24, 2.45) is 0 Å². The van der Waals surface area contributed by atoms with Crippen LogP contribution in [0.15, 0.2) is 0 Å². The molecule has 0 bridgehead atoms. The third-order valence-corrected chi connectivity index (χ3v) is 4.35. The number of H-pyrrole nitrogens is 1. The number of rotatable bonds is 3. The second-order valence-corrected chi connectivity index (χ2v) is 5.59. The van der Waals surface area contributed by atoms with Gasteiger partial charge in [0.2, 0.25) is 0 Å². The maximum absolute atomic E-state index is 12.0. The lowest BCUT2D eigenvalue weighted by Gasteiger charge is -2.12. The minimum Gasteiger partial charge on any atom is -0.382 e. The van der Waals surface area contributed by atoms with Crippen LogP contribution in [0.2, 0.25) is 0 Å². The van der Waals surface area contributed by atoms with Gasteiger partial charge in [0.1, 0.15) is 5.56 Å². The standard InChI is InChI=1S/C11H18N4OS/c1-6-9(10(12)15-14-6)11(16)13-7-3-4-8(5-7)17-2/h7-8H,3-5H2,1-2H3,(H,13,16)(H3,12,14,15). The first kappa shape index (κ1) is 12.3. The van der Waals surface area contributed by atoms with Crippen molar-refractivity contribution in [2.45, 2.75) is 37.5 Å². The molecular weight excluding hydrogens is 236 g/mol. The van der Waals surface area contributed by atoms with Crippen molar-refractivity contribution in [3.05, 3.63) is 11.3 Å². The minimum atomic E-state index is -0.111. The Morgan fingerprint density at radius 2 is 2.35 bits per heavy atom. The summed E-state index contributed by atoms with van der Waals surface area (Å²) in [6.45, 7) is 1.80. The Hall–Kier alpha value is -1.17. The highest BCUT2D eigenvalue weighted by molar-refractivity contribution is 7.99. The van der Waals surface area contributed by atoms with Gasteiger partial charge in [0, 0.05) is 17.0 Å². The summed E-state index contributed by atoms with van der Waals surface area (Å²) in [4.78, 5) is 12.0. The summed E-state index contributed by atoms with van der Waals surface area (Å²) in [6.07, 6.45) is 5.39. The summed E-state index contributed by atoms with van der Waals surface area (Å²) in [6, 6.07) is 0.272. The molecule has 5 nitrogen and oxygen atoms in total. The van der Waals surface area contributed by atoms with E-state index < -0.39 is 0 Å². The third kappa shape index (κ3) is 2.57. The van der Waals surface area contributed by atoms with Gasteiger partial charge in [-0.25, -0.2) is 0 Å². The Bertz CT molecular complexity index is 398. The first-order valence-electron chi connectivity index (χ1n) is 5.76. The molecule has 1 aliphatic carbocycles. The molecule has 1 heterocycles. The van der Waals surface area contributed by atoms with Crippen molar-refractivity contribution >= 4 is 23.5 Å². The number of aryl methyl sites for hydroxylation is 1. The number of nitrogens with two attached hydrogens (primary N) is 1. The summed E-state index contributed by atoms with van der Waals surface area (Å²) < 4.78 is 0. The van der Waals surface area contributed by atoms with Crippen molar-refractivity contribution in [1.82, 2.24) is 15.5 Å². The SMILES string of the molecule is CSC1CCC(NC(=O)c2c(N)n[nH]c2C)C1. The molecule has 1 aliphatic rings. The zero-order valence-corrected chi connectivity index (χ0v) is 10.9. The Kier molecular flexibility index (Phi) is 3.61. The molecule has 1 aromatic heterocycles. The third-order valence-electron chi connectivity index (χ3n) is 3.26. The molecule has 4 N–H and O–H groups in total. The van der Waals surface area contributed by atoms with Crippen molar-refractivity contribution in [1.29, 1.82) is 0 Å². The number of aromatic amines is 1. The molecule has 2 rings (SSSR count). The fourth-order valence-corrected chi connectivity index (χ4v) is 3.07. The quantitative estimate of drug-likeness (QED) is 0.759. The summed E-state index contributed by atoms with van der Waals surface area (Å²) in [5.41, 5.74) is 6.87. The van der Waals surface area contributed by atoms with Gasteiger partial charge >= 0.3 is 0 Å². The number of nitrogen functional groups attached to an aromatic ring is 1. The van der Waals surface area contributed by atoms with Gasteiger partial charge in [-0.15, -0.1) is 0 Å². The van der Waals surface area contributed by atoms with Gasteiger partial charge < -0.3 is 11.1 Å². The molecule has 0 radical (unpaired) electrons. The molecule has 1 fully saturated rings. The molecule has 0 spiro atoms. The van der Waals surface area contributed by atoms with Crippen LogP contribution in [0.1, 0.15) is 35.3 Å². The van der Waals surface area contributed by atoms with Crippen LogP contribution in [-0.2, 0) is 0 Å². The van der Waals surface area contributed by atoms with E-state index in [9.17, 15) is 4.79 Å². The van der Waals surface area contributed by atoms with Crippen LogP contribution in [0, 0.1) is 6.92 Å². The fourth-order valence-electron chi connectivity index (χ4n) is 2.28. The molecule has 0 aliphatic heterocycles. The van der Waals surface area contributed by atoms with Crippen LogP contribution in [0.3, 0.4) is 0 Å². The zero-order valence-electron chi connectivity index (χ0n) is 10.1. The van der Waals surface area contributed by atoms with Crippen molar-refractivity contribution in [2.75, 3.05) is 12.0 Å². The van der Waals surface area contributed by atoms with Crippen LogP contribution < -0.4 is 11.1 Å². The Morgan fingerprint density at radius 1 is 1.59 bits per heavy atom. The number of nitrogens with one attached hydrogen (secondary N) is 2. The number of amides is 1. The number of nitrogens with zero attached hydrogens (tertiary/aromatic N) is 1. The van der Waals surface area contributed by atoms with E-state index in [0.29, 0.717) is 10.8 Å². The van der Waals surface area contributed by atoms with Gasteiger partial charge in [0.15, 0.2) is 5.82 Å². The topological polar surface area (TPSA) is 83.8 Å². The molecule has 94 valence electrons. The van der Waals surface area contributed by atoms with Crippen LogP contribution in [0.5, 0.6) is 0 Å². The molecule has 0 saturated heterocycles. The summed E-state index contributed by atoms with van der Waals surface area (Å²) in [5, 5.41) is 10.3. The van der Waals surface area contributed by atoms with Gasteiger partial charge in [-0.1, -0.05) is 0 Å². The summed E-state index contributed by atoms with van der Waals surface area (Å²) >= 11 is 1.87. The Morgan fingerprint density at radius 3 is 2.88 bits per heavy atom. The maximum atomic E-state index is 12.0. The van der Waals surface area contributed by atoms with Gasteiger partial charge in [-0.3, -0.25) is 9.89 Å². The Balaban J connectivity index is 1.99. The van der Waals surface area contributed by atoms with Crippen LogP contribution >= 0.6 is 11.8 Å². The molecule has 2 atom stereocenters. The molecule has 0 aromatic carbocycles. The summed E-state index contributed by atoms with van der Waals surface area (Å²) in [5.74, 6) is 0.167. The maximum Gasteiger partial charge on any atom is 0.257 e. The highest BCUT2D eigenvalue weighted by Gasteiger charge is 2.26. The minimum absolute atomic E-state index is 0.111. The molecule has 1 amide bonds. The van der Waals surface area contributed by atoms with Gasteiger partial charge in [-0.2, -0.15) is 16.9 Å². The molecule has 2 unspecified atom stereocenters. The number of carbonyl (C=O) groups is 1. The van der Waals surface area contributed by atoms with E-state index in [0.717, 1.165) is 18.5 Å². The first-order chi connectivity index (χ1) is 8.11. The van der Waals surface area contributed by atoms with E-state index in [1.807, 2.05) is 11.8 Å². The van der Waals surface area contributed by atoms with Crippen LogP contribution in [0.4, 0.5) is 5.82 Å². The predicted molar refractivity (Wildman–Crippen MR) is 70.1 cm³/mol. The van der Waals surface area contributed by atoms with Crippen molar-refractivity contribution < 1.29 is 4.79 Å². The van der Waals surface area contributed by atoms with Crippen LogP contribution in [0.25, 0.3) is 0 Å². The van der Waals surface area contributed by atoms with E-state index in [4.69, 9.17) is 5.73 Å². The van der Waals surface area contributed by atoms with Gasteiger partial charge in [0.05, 0.1) is 0 Å². The lowest BCUT2D eigenvalue weighted by Crippen LogP contribution is -2.33. The number of hydrogen-bond donors (Lipinski definition) is 3. The van der Waals surface area contributed by atoms with E-state index in [1.54, 1.807) is 6.92 Å². The number of aromatic nitrogens is 2. The van der Waals surface area contributed by atoms with E-state index in [1.165, 1.54) is 6.42 Å². The number of hydrogen-bond acceptors (Lipinski definition) is 4.